The molecule has 130 valence electrons. The molecular formula is C15H23NO6S. The van der Waals surface area contributed by atoms with Crippen LogP contribution in [-0.2, 0) is 28.6 Å². The predicted molar refractivity (Wildman–Crippen MR) is 83.4 cm³/mol. The quantitative estimate of drug-likeness (QED) is 0.429. The fourth-order valence-electron chi connectivity index (χ4n) is 2.61. The molecule has 0 aromatic rings. The minimum atomic E-state index is -0.718. The molecule has 2 heterocycles. The Bertz CT molecular complexity index is 527. The molecule has 0 radical (unpaired) electrons. The number of esters is 2. The topological polar surface area (TPSA) is 82.1 Å². The first-order valence-corrected chi connectivity index (χ1v) is 8.25. The van der Waals surface area contributed by atoms with Gasteiger partial charge in [0.2, 0.25) is 6.79 Å². The summed E-state index contributed by atoms with van der Waals surface area (Å²) in [6, 6.07) is -0.718. The number of hydrogen-bond acceptors (Lipinski definition) is 7. The maximum absolute atomic E-state index is 12.4. The lowest BCUT2D eigenvalue weighted by molar-refractivity contribution is -0.184. The summed E-state index contributed by atoms with van der Waals surface area (Å²) in [6.45, 7) is 8.44. The van der Waals surface area contributed by atoms with E-state index >= 15 is 0 Å². The number of β-lactam (4-membered cyclic amide) rings is 1. The van der Waals surface area contributed by atoms with Gasteiger partial charge in [-0.1, -0.05) is 0 Å². The van der Waals surface area contributed by atoms with Gasteiger partial charge in [-0.2, -0.15) is 0 Å². The first kappa shape index (κ1) is 18.1. The van der Waals surface area contributed by atoms with Gasteiger partial charge in [0.1, 0.15) is 11.4 Å². The van der Waals surface area contributed by atoms with Crippen LogP contribution >= 0.6 is 11.8 Å². The minimum absolute atomic E-state index is 0.183. The lowest BCUT2D eigenvalue weighted by Gasteiger charge is -2.42. The molecule has 0 bridgehead atoms. The standard InChI is InChI=1S/C15H23NO6S/c1-14(2,3)13(19)22-7-21-12(18)9-15(4,5)23-11-8(20-6)10(17)16(9)11/h8-9,11H,7H2,1-6H3/t8-,9+,11-/m1/s1. The highest BCUT2D eigenvalue weighted by atomic mass is 32.2. The average molecular weight is 345 g/mol. The third-order valence-corrected chi connectivity index (χ3v) is 5.42. The molecule has 2 saturated heterocycles. The SMILES string of the molecule is CO[C@@H]1C(=O)N2[C@@H]1SC(C)(C)[C@@H]2C(=O)OCOC(=O)C(C)(C)C. The smallest absolute Gasteiger partial charge is 0.333 e. The summed E-state index contributed by atoms with van der Waals surface area (Å²) in [7, 11) is 1.48. The van der Waals surface area contributed by atoms with E-state index in [0.29, 0.717) is 0 Å². The molecule has 0 N–H and O–H groups in total. The Morgan fingerprint density at radius 2 is 1.87 bits per heavy atom. The van der Waals surface area contributed by atoms with Gasteiger partial charge in [0, 0.05) is 11.9 Å². The van der Waals surface area contributed by atoms with E-state index in [1.807, 2.05) is 13.8 Å². The van der Waals surface area contributed by atoms with Crippen LogP contribution < -0.4 is 0 Å². The van der Waals surface area contributed by atoms with Gasteiger partial charge in [0.25, 0.3) is 5.91 Å². The Kier molecular flexibility index (Phi) is 4.69. The fraction of sp³-hybridized carbons (Fsp3) is 0.800. The van der Waals surface area contributed by atoms with Gasteiger partial charge in [0.15, 0.2) is 6.10 Å². The molecule has 3 atom stereocenters. The second-order valence-corrected chi connectivity index (χ2v) is 8.95. The van der Waals surface area contributed by atoms with E-state index in [-0.39, 0.29) is 11.3 Å². The molecule has 0 unspecified atom stereocenters. The lowest BCUT2D eigenvalue weighted by Crippen LogP contribution is -2.66. The predicted octanol–water partition coefficient (Wildman–Crippen LogP) is 1.15. The first-order valence-electron chi connectivity index (χ1n) is 7.37. The first-order chi connectivity index (χ1) is 10.5. The number of methoxy groups -OCH3 is 1. The van der Waals surface area contributed by atoms with Crippen molar-refractivity contribution in [3.8, 4) is 0 Å². The van der Waals surface area contributed by atoms with Crippen LogP contribution in [0, 0.1) is 5.41 Å². The summed E-state index contributed by atoms with van der Waals surface area (Å²) in [5, 5.41) is -0.183. The summed E-state index contributed by atoms with van der Waals surface area (Å²) in [5.41, 5.74) is -0.668. The summed E-state index contributed by atoms with van der Waals surface area (Å²) in [5.74, 6) is -1.25. The van der Waals surface area contributed by atoms with Crippen molar-refractivity contribution in [2.24, 2.45) is 5.41 Å². The molecule has 0 aromatic heterocycles. The number of thioether (sulfide) groups is 1. The van der Waals surface area contributed by atoms with E-state index in [2.05, 4.69) is 0 Å². The number of nitrogens with zero attached hydrogens (tertiary/aromatic N) is 1. The van der Waals surface area contributed by atoms with E-state index in [0.717, 1.165) is 0 Å². The zero-order valence-corrected chi connectivity index (χ0v) is 15.1. The molecule has 2 fully saturated rings. The van der Waals surface area contributed by atoms with Crippen molar-refractivity contribution in [2.45, 2.75) is 56.9 Å². The molecule has 0 saturated carbocycles. The van der Waals surface area contributed by atoms with Crippen LogP contribution in [0.1, 0.15) is 34.6 Å². The van der Waals surface area contributed by atoms with Gasteiger partial charge in [0.05, 0.1) is 5.41 Å². The van der Waals surface area contributed by atoms with E-state index in [1.54, 1.807) is 20.8 Å². The molecule has 1 amide bonds. The van der Waals surface area contributed by atoms with E-state index in [9.17, 15) is 14.4 Å². The number of amides is 1. The zero-order valence-electron chi connectivity index (χ0n) is 14.2. The average Bonchev–Trinajstić information content (AvgIpc) is 2.66. The van der Waals surface area contributed by atoms with E-state index in [4.69, 9.17) is 14.2 Å². The van der Waals surface area contributed by atoms with Gasteiger partial charge in [-0.3, -0.25) is 9.59 Å². The van der Waals surface area contributed by atoms with Crippen LogP contribution in [0.15, 0.2) is 0 Å². The maximum atomic E-state index is 12.4. The molecular weight excluding hydrogens is 322 g/mol. The summed E-state index contributed by atoms with van der Waals surface area (Å²) >= 11 is 1.51. The maximum Gasteiger partial charge on any atom is 0.333 e. The molecule has 2 rings (SSSR count). The Hall–Kier alpha value is -1.28. The largest absolute Gasteiger partial charge is 0.427 e. The second-order valence-electron chi connectivity index (χ2n) is 7.18. The highest BCUT2D eigenvalue weighted by molar-refractivity contribution is 8.01. The molecule has 0 aliphatic carbocycles. The molecule has 0 spiro atoms. The van der Waals surface area contributed by atoms with Crippen LogP contribution in [0.5, 0.6) is 0 Å². The molecule has 23 heavy (non-hydrogen) atoms. The van der Waals surface area contributed by atoms with Crippen LogP contribution in [0.2, 0.25) is 0 Å². The second kappa shape index (κ2) is 5.98. The van der Waals surface area contributed by atoms with Gasteiger partial charge >= 0.3 is 11.9 Å². The van der Waals surface area contributed by atoms with Crippen molar-refractivity contribution in [1.29, 1.82) is 0 Å². The lowest BCUT2D eigenvalue weighted by atomic mass is 9.97. The van der Waals surface area contributed by atoms with Crippen molar-refractivity contribution >= 4 is 29.6 Å². The summed E-state index contributed by atoms with van der Waals surface area (Å²) in [6.07, 6.45) is -0.518. The van der Waals surface area contributed by atoms with Crippen LogP contribution in [0.3, 0.4) is 0 Å². The molecule has 2 aliphatic heterocycles. The Morgan fingerprint density at radius 1 is 1.26 bits per heavy atom. The van der Waals surface area contributed by atoms with Gasteiger partial charge in [-0.15, -0.1) is 11.8 Å². The normalized spacial score (nSPS) is 28.9. The van der Waals surface area contributed by atoms with Crippen LogP contribution in [0.25, 0.3) is 0 Å². The Balaban J connectivity index is 1.97. The van der Waals surface area contributed by atoms with E-state index < -0.39 is 41.0 Å². The number of ether oxygens (including phenoxy) is 3. The van der Waals surface area contributed by atoms with Crippen LogP contribution in [-0.4, -0.2) is 58.9 Å². The van der Waals surface area contributed by atoms with Crippen molar-refractivity contribution in [2.75, 3.05) is 13.9 Å². The Morgan fingerprint density at radius 3 is 2.39 bits per heavy atom. The number of carbonyl (C=O) groups excluding carboxylic acids is 3. The highest BCUT2D eigenvalue weighted by Gasteiger charge is 2.64. The summed E-state index contributed by atoms with van der Waals surface area (Å²) in [4.78, 5) is 37.6. The van der Waals surface area contributed by atoms with Crippen LogP contribution in [0.4, 0.5) is 0 Å². The number of fused-ring (bicyclic) bond motifs is 1. The number of carbonyl (C=O) groups is 3. The summed E-state index contributed by atoms with van der Waals surface area (Å²) < 4.78 is 14.7. The molecule has 2 aliphatic rings. The van der Waals surface area contributed by atoms with Crippen molar-refractivity contribution in [1.82, 2.24) is 4.90 Å². The highest BCUT2D eigenvalue weighted by Crippen LogP contribution is 2.51. The van der Waals surface area contributed by atoms with Gasteiger partial charge in [-0.25, -0.2) is 4.79 Å². The third kappa shape index (κ3) is 3.19. The minimum Gasteiger partial charge on any atom is -0.427 e. The van der Waals surface area contributed by atoms with Crippen molar-refractivity contribution in [3.05, 3.63) is 0 Å². The van der Waals surface area contributed by atoms with Gasteiger partial charge < -0.3 is 19.1 Å². The third-order valence-electron chi connectivity index (χ3n) is 3.87. The molecule has 0 aromatic carbocycles. The van der Waals surface area contributed by atoms with E-state index in [1.165, 1.54) is 23.8 Å². The number of rotatable bonds is 4. The van der Waals surface area contributed by atoms with Crippen molar-refractivity contribution < 1.29 is 28.6 Å². The Labute approximate surface area is 140 Å². The van der Waals surface area contributed by atoms with Crippen molar-refractivity contribution in [3.63, 3.8) is 0 Å². The fourth-order valence-corrected chi connectivity index (χ4v) is 4.26. The van der Waals surface area contributed by atoms with Gasteiger partial charge in [-0.05, 0) is 34.6 Å². The molecule has 8 heteroatoms. The molecule has 7 nitrogen and oxygen atoms in total. The monoisotopic (exact) mass is 345 g/mol. The number of hydrogen-bond donors (Lipinski definition) is 0. The zero-order chi connectivity index (χ0) is 17.6.